The zero-order valence-electron chi connectivity index (χ0n) is 12.4. The van der Waals surface area contributed by atoms with E-state index in [1.54, 1.807) is 0 Å². The average molecular weight is 280 g/mol. The van der Waals surface area contributed by atoms with Gasteiger partial charge in [-0.2, -0.15) is 0 Å². The molecule has 3 N–H and O–H groups in total. The summed E-state index contributed by atoms with van der Waals surface area (Å²) in [6, 6.07) is 7.46. The van der Waals surface area contributed by atoms with E-state index >= 15 is 0 Å². The molecule has 0 aromatic heterocycles. The maximum absolute atomic E-state index is 8.94. The number of amidine groups is 1. The van der Waals surface area contributed by atoms with E-state index in [4.69, 9.17) is 20.4 Å². The number of aliphatic hydroxyl groups is 1. The topological polar surface area (TPSA) is 77.1 Å². The van der Waals surface area contributed by atoms with Gasteiger partial charge in [0.05, 0.1) is 6.61 Å². The Labute approximate surface area is 120 Å². The van der Waals surface area contributed by atoms with E-state index in [2.05, 4.69) is 19.0 Å². The lowest BCUT2D eigenvalue weighted by Crippen LogP contribution is -2.30. The summed E-state index contributed by atoms with van der Waals surface area (Å²) in [5.41, 5.74) is 7.62. The van der Waals surface area contributed by atoms with Gasteiger partial charge in [-0.25, -0.2) is 0 Å². The maximum atomic E-state index is 8.94. The molecule has 1 aromatic carbocycles. The highest BCUT2D eigenvalue weighted by Gasteiger charge is 2.08. The van der Waals surface area contributed by atoms with Crippen LogP contribution in [0.1, 0.15) is 31.9 Å². The minimum atomic E-state index is -0.255. The Kier molecular flexibility index (Phi) is 7.04. The Hall–Kier alpha value is -1.59. The number of aliphatic hydroxyl groups excluding tert-OH is 1. The van der Waals surface area contributed by atoms with Crippen LogP contribution in [0.3, 0.4) is 0 Å². The second-order valence-corrected chi connectivity index (χ2v) is 5.13. The SMILES string of the molecule is CC(C)COC(C)/C(N)=N/OCc1ccc(CO)cc1. The van der Waals surface area contributed by atoms with E-state index in [-0.39, 0.29) is 12.7 Å². The van der Waals surface area contributed by atoms with Crippen molar-refractivity contribution in [3.8, 4) is 0 Å². The van der Waals surface area contributed by atoms with Crippen molar-refractivity contribution in [1.82, 2.24) is 0 Å². The molecule has 0 amide bonds. The number of benzene rings is 1. The fourth-order valence-corrected chi connectivity index (χ4v) is 1.42. The first-order valence-electron chi connectivity index (χ1n) is 6.78. The van der Waals surface area contributed by atoms with Crippen LogP contribution >= 0.6 is 0 Å². The Morgan fingerprint density at radius 2 is 1.80 bits per heavy atom. The quantitative estimate of drug-likeness (QED) is 0.434. The van der Waals surface area contributed by atoms with Crippen molar-refractivity contribution in [2.45, 2.75) is 40.1 Å². The summed E-state index contributed by atoms with van der Waals surface area (Å²) in [5.74, 6) is 0.786. The molecule has 5 heteroatoms. The highest BCUT2D eigenvalue weighted by atomic mass is 16.6. The number of hydrogen-bond acceptors (Lipinski definition) is 4. The molecule has 0 saturated heterocycles. The van der Waals surface area contributed by atoms with Gasteiger partial charge < -0.3 is 20.4 Å². The van der Waals surface area contributed by atoms with Crippen LogP contribution < -0.4 is 5.73 Å². The smallest absolute Gasteiger partial charge is 0.168 e. The van der Waals surface area contributed by atoms with E-state index < -0.39 is 0 Å². The van der Waals surface area contributed by atoms with Crippen molar-refractivity contribution in [2.24, 2.45) is 16.8 Å². The van der Waals surface area contributed by atoms with E-state index in [9.17, 15) is 0 Å². The number of oxime groups is 1. The van der Waals surface area contributed by atoms with E-state index in [0.717, 1.165) is 11.1 Å². The van der Waals surface area contributed by atoms with Crippen LogP contribution in [0.15, 0.2) is 29.4 Å². The summed E-state index contributed by atoms with van der Waals surface area (Å²) in [4.78, 5) is 5.20. The summed E-state index contributed by atoms with van der Waals surface area (Å²) in [6.45, 7) is 7.01. The first-order chi connectivity index (χ1) is 9.52. The zero-order chi connectivity index (χ0) is 15.0. The van der Waals surface area contributed by atoms with Gasteiger partial charge >= 0.3 is 0 Å². The molecular formula is C15H24N2O3. The number of hydrogen-bond donors (Lipinski definition) is 2. The van der Waals surface area contributed by atoms with Gasteiger partial charge in [-0.05, 0) is 24.0 Å². The first kappa shape index (κ1) is 16.5. The third-order valence-electron chi connectivity index (χ3n) is 2.70. The summed E-state index contributed by atoms with van der Waals surface area (Å²) >= 11 is 0. The molecule has 0 aliphatic carbocycles. The minimum Gasteiger partial charge on any atom is -0.392 e. The van der Waals surface area contributed by atoms with Gasteiger partial charge in [0.25, 0.3) is 0 Å². The zero-order valence-corrected chi connectivity index (χ0v) is 12.4. The van der Waals surface area contributed by atoms with Crippen molar-refractivity contribution in [3.63, 3.8) is 0 Å². The number of nitrogens with zero attached hydrogens (tertiary/aromatic N) is 1. The lowest BCUT2D eigenvalue weighted by molar-refractivity contribution is 0.0775. The van der Waals surface area contributed by atoms with Crippen LogP contribution in [0.25, 0.3) is 0 Å². The molecule has 0 aliphatic rings. The van der Waals surface area contributed by atoms with Crippen molar-refractivity contribution >= 4 is 5.84 Å². The normalized spacial score (nSPS) is 13.6. The predicted octanol–water partition coefficient (Wildman–Crippen LogP) is 2.03. The predicted molar refractivity (Wildman–Crippen MR) is 79.0 cm³/mol. The Morgan fingerprint density at radius 3 is 2.35 bits per heavy atom. The van der Waals surface area contributed by atoms with E-state index in [1.807, 2.05) is 31.2 Å². The Bertz CT molecular complexity index is 416. The molecule has 1 aromatic rings. The molecule has 0 saturated carbocycles. The number of ether oxygens (including phenoxy) is 1. The Morgan fingerprint density at radius 1 is 1.20 bits per heavy atom. The fourth-order valence-electron chi connectivity index (χ4n) is 1.42. The molecule has 0 spiro atoms. The van der Waals surface area contributed by atoms with Crippen LogP contribution in [0.5, 0.6) is 0 Å². The van der Waals surface area contributed by atoms with Gasteiger partial charge in [-0.15, -0.1) is 0 Å². The van der Waals surface area contributed by atoms with Crippen molar-refractivity contribution in [2.75, 3.05) is 6.61 Å². The molecule has 0 heterocycles. The average Bonchev–Trinajstić information content (AvgIpc) is 2.45. The van der Waals surface area contributed by atoms with E-state index in [1.165, 1.54) is 0 Å². The third-order valence-corrected chi connectivity index (χ3v) is 2.70. The molecule has 1 unspecified atom stereocenters. The van der Waals surface area contributed by atoms with Crippen LogP contribution in [0, 0.1) is 5.92 Å². The van der Waals surface area contributed by atoms with E-state index in [0.29, 0.717) is 25.0 Å². The van der Waals surface area contributed by atoms with Gasteiger partial charge in [0, 0.05) is 6.61 Å². The molecule has 1 atom stereocenters. The first-order valence-corrected chi connectivity index (χ1v) is 6.78. The lowest BCUT2D eigenvalue weighted by Gasteiger charge is -2.13. The van der Waals surface area contributed by atoms with Gasteiger partial charge in [-0.3, -0.25) is 0 Å². The molecule has 20 heavy (non-hydrogen) atoms. The van der Waals surface area contributed by atoms with Crippen LogP contribution in [-0.2, 0) is 22.8 Å². The van der Waals surface area contributed by atoms with Crippen LogP contribution in [0.4, 0.5) is 0 Å². The summed E-state index contributed by atoms with van der Waals surface area (Å²) in [5, 5.41) is 12.8. The second-order valence-electron chi connectivity index (χ2n) is 5.13. The molecule has 112 valence electrons. The third kappa shape index (κ3) is 6.04. The monoisotopic (exact) mass is 280 g/mol. The maximum Gasteiger partial charge on any atom is 0.168 e. The summed E-state index contributed by atoms with van der Waals surface area (Å²) < 4.78 is 5.53. The molecular weight excluding hydrogens is 256 g/mol. The number of rotatable bonds is 8. The fraction of sp³-hybridized carbons (Fsp3) is 0.533. The van der Waals surface area contributed by atoms with Gasteiger partial charge in [0.2, 0.25) is 0 Å². The molecule has 0 fully saturated rings. The van der Waals surface area contributed by atoms with Crippen molar-refractivity contribution < 1.29 is 14.7 Å². The van der Waals surface area contributed by atoms with Crippen LogP contribution in [0.2, 0.25) is 0 Å². The van der Waals surface area contributed by atoms with Crippen LogP contribution in [-0.4, -0.2) is 23.7 Å². The molecule has 0 bridgehead atoms. The van der Waals surface area contributed by atoms with Gasteiger partial charge in [-0.1, -0.05) is 43.3 Å². The molecule has 5 nitrogen and oxygen atoms in total. The summed E-state index contributed by atoms with van der Waals surface area (Å²) in [7, 11) is 0. The summed E-state index contributed by atoms with van der Waals surface area (Å²) in [6.07, 6.45) is -0.255. The van der Waals surface area contributed by atoms with Crippen molar-refractivity contribution in [3.05, 3.63) is 35.4 Å². The Balaban J connectivity index is 2.38. The van der Waals surface area contributed by atoms with Gasteiger partial charge in [0.15, 0.2) is 5.84 Å². The molecule has 0 aliphatic heterocycles. The largest absolute Gasteiger partial charge is 0.392 e. The molecule has 0 radical (unpaired) electrons. The number of nitrogens with two attached hydrogens (primary N) is 1. The van der Waals surface area contributed by atoms with Crippen molar-refractivity contribution in [1.29, 1.82) is 0 Å². The van der Waals surface area contributed by atoms with Gasteiger partial charge in [0.1, 0.15) is 12.7 Å². The highest BCUT2D eigenvalue weighted by molar-refractivity contribution is 5.83. The minimum absolute atomic E-state index is 0.0386. The lowest BCUT2D eigenvalue weighted by atomic mass is 10.1. The second kappa shape index (κ2) is 8.55. The highest BCUT2D eigenvalue weighted by Crippen LogP contribution is 2.06. The standard InChI is InChI=1S/C15H24N2O3/c1-11(2)9-19-12(3)15(16)17-20-10-14-6-4-13(8-18)5-7-14/h4-7,11-12,18H,8-10H2,1-3H3,(H2,16,17). The molecule has 1 rings (SSSR count).